The molecule has 0 N–H and O–H groups in total. The summed E-state index contributed by atoms with van der Waals surface area (Å²) in [6, 6.07) is 31.3. The van der Waals surface area contributed by atoms with Crippen molar-refractivity contribution < 1.29 is 4.79 Å². The van der Waals surface area contributed by atoms with Crippen LogP contribution in [0.25, 0.3) is 0 Å². The maximum absolute atomic E-state index is 13.7. The van der Waals surface area contributed by atoms with Crippen LogP contribution in [-0.2, 0) is 11.2 Å². The van der Waals surface area contributed by atoms with E-state index in [9.17, 15) is 4.79 Å². The molecule has 29 heavy (non-hydrogen) atoms. The molecule has 1 amide bonds. The Balaban J connectivity index is 1.58. The van der Waals surface area contributed by atoms with E-state index < -0.39 is 0 Å². The molecule has 1 aliphatic rings. The average Bonchev–Trinajstić information content (AvgIpc) is 2.79. The van der Waals surface area contributed by atoms with Crippen LogP contribution in [0.1, 0.15) is 28.7 Å². The first kappa shape index (κ1) is 19.4. The molecule has 2 atom stereocenters. The van der Waals surface area contributed by atoms with Gasteiger partial charge in [0.05, 0.1) is 12.0 Å². The van der Waals surface area contributed by atoms with Crippen molar-refractivity contribution in [3.05, 3.63) is 108 Å². The minimum atomic E-state index is -0.154. The fourth-order valence-electron chi connectivity index (χ4n) is 4.21. The Labute approximate surface area is 173 Å². The van der Waals surface area contributed by atoms with Crippen LogP contribution in [0.2, 0.25) is 0 Å². The molecule has 0 aliphatic carbocycles. The van der Waals surface area contributed by atoms with Crippen LogP contribution in [0.5, 0.6) is 0 Å². The van der Waals surface area contributed by atoms with Gasteiger partial charge in [0.2, 0.25) is 5.91 Å². The molecule has 0 radical (unpaired) electrons. The third-order valence-electron chi connectivity index (χ3n) is 5.93. The lowest BCUT2D eigenvalue weighted by atomic mass is 9.90. The van der Waals surface area contributed by atoms with E-state index in [1.165, 1.54) is 11.1 Å². The number of hydrogen-bond acceptors (Lipinski definition) is 2. The van der Waals surface area contributed by atoms with Crippen molar-refractivity contribution in [1.29, 1.82) is 0 Å². The third kappa shape index (κ3) is 4.57. The van der Waals surface area contributed by atoms with Gasteiger partial charge >= 0.3 is 0 Å². The van der Waals surface area contributed by atoms with Crippen LogP contribution in [0.15, 0.2) is 91.0 Å². The van der Waals surface area contributed by atoms with Gasteiger partial charge in [-0.3, -0.25) is 9.69 Å². The average molecular weight is 385 g/mol. The van der Waals surface area contributed by atoms with Gasteiger partial charge in [0, 0.05) is 19.6 Å². The lowest BCUT2D eigenvalue weighted by molar-refractivity contribution is -0.135. The molecule has 0 bridgehead atoms. The summed E-state index contributed by atoms with van der Waals surface area (Å²) < 4.78 is 0. The van der Waals surface area contributed by atoms with Gasteiger partial charge in [-0.2, -0.15) is 0 Å². The summed E-state index contributed by atoms with van der Waals surface area (Å²) in [5.74, 6) is 0.0764. The fourth-order valence-corrected chi connectivity index (χ4v) is 4.21. The van der Waals surface area contributed by atoms with E-state index in [-0.39, 0.29) is 17.9 Å². The Hall–Kier alpha value is -2.91. The van der Waals surface area contributed by atoms with Crippen LogP contribution in [0, 0.1) is 0 Å². The largest absolute Gasteiger partial charge is 0.339 e. The molecule has 1 saturated heterocycles. The number of piperazine rings is 1. The highest BCUT2D eigenvalue weighted by Crippen LogP contribution is 2.28. The van der Waals surface area contributed by atoms with Gasteiger partial charge < -0.3 is 4.90 Å². The predicted molar refractivity (Wildman–Crippen MR) is 118 cm³/mol. The van der Waals surface area contributed by atoms with Crippen LogP contribution in [-0.4, -0.2) is 42.4 Å². The smallest absolute Gasteiger partial charge is 0.230 e. The second-order valence-corrected chi connectivity index (χ2v) is 7.84. The molecule has 148 valence electrons. The molecule has 3 nitrogen and oxygen atoms in total. The Morgan fingerprint density at radius 3 is 2.10 bits per heavy atom. The SMILES string of the molecule is CN1CCN(C(=O)C(Cc2ccccc2)c2ccccc2)CC1c1ccccc1. The zero-order valence-electron chi connectivity index (χ0n) is 16.9. The van der Waals surface area contributed by atoms with Gasteiger partial charge in [-0.05, 0) is 30.2 Å². The van der Waals surface area contributed by atoms with Gasteiger partial charge in [0.25, 0.3) is 0 Å². The van der Waals surface area contributed by atoms with Crippen LogP contribution >= 0.6 is 0 Å². The summed E-state index contributed by atoms with van der Waals surface area (Å²) in [6.07, 6.45) is 0.728. The van der Waals surface area contributed by atoms with Crippen molar-refractivity contribution in [3.8, 4) is 0 Å². The number of nitrogens with zero attached hydrogens (tertiary/aromatic N) is 2. The number of rotatable bonds is 5. The van der Waals surface area contributed by atoms with Crippen molar-refractivity contribution in [3.63, 3.8) is 0 Å². The van der Waals surface area contributed by atoms with E-state index in [2.05, 4.69) is 65.4 Å². The minimum Gasteiger partial charge on any atom is -0.339 e. The molecule has 2 unspecified atom stereocenters. The molecule has 1 aliphatic heterocycles. The Morgan fingerprint density at radius 2 is 1.45 bits per heavy atom. The number of hydrogen-bond donors (Lipinski definition) is 0. The third-order valence-corrected chi connectivity index (χ3v) is 5.93. The van der Waals surface area contributed by atoms with Crippen molar-refractivity contribution in [2.75, 3.05) is 26.7 Å². The van der Waals surface area contributed by atoms with Gasteiger partial charge in [-0.1, -0.05) is 91.0 Å². The number of carbonyl (C=O) groups excluding carboxylic acids is 1. The topological polar surface area (TPSA) is 23.6 Å². The molecule has 0 aromatic heterocycles. The predicted octanol–water partition coefficient (Wildman–Crippen LogP) is 4.53. The number of amides is 1. The molecule has 3 heteroatoms. The van der Waals surface area contributed by atoms with Crippen LogP contribution in [0.3, 0.4) is 0 Å². The van der Waals surface area contributed by atoms with Crippen LogP contribution < -0.4 is 0 Å². The Morgan fingerprint density at radius 1 is 0.862 bits per heavy atom. The summed E-state index contributed by atoms with van der Waals surface area (Å²) in [6.45, 7) is 2.40. The van der Waals surface area contributed by atoms with Gasteiger partial charge in [0.15, 0.2) is 0 Å². The zero-order chi connectivity index (χ0) is 20.1. The first-order valence-corrected chi connectivity index (χ1v) is 10.3. The van der Waals surface area contributed by atoms with Crippen molar-refractivity contribution in [2.24, 2.45) is 0 Å². The highest BCUT2D eigenvalue weighted by molar-refractivity contribution is 5.84. The molecule has 0 spiro atoms. The van der Waals surface area contributed by atoms with Gasteiger partial charge in [-0.25, -0.2) is 0 Å². The summed E-state index contributed by atoms with van der Waals surface area (Å²) in [4.78, 5) is 18.1. The van der Waals surface area contributed by atoms with Gasteiger partial charge in [-0.15, -0.1) is 0 Å². The Kier molecular flexibility index (Phi) is 6.06. The molecule has 3 aromatic rings. The van der Waals surface area contributed by atoms with E-state index in [1.54, 1.807) is 0 Å². The molecular formula is C26H28N2O. The highest BCUT2D eigenvalue weighted by Gasteiger charge is 2.32. The zero-order valence-corrected chi connectivity index (χ0v) is 16.9. The van der Waals surface area contributed by atoms with Crippen molar-refractivity contribution in [2.45, 2.75) is 18.4 Å². The Bertz CT molecular complexity index is 911. The maximum atomic E-state index is 13.7. The summed E-state index contributed by atoms with van der Waals surface area (Å²) >= 11 is 0. The standard InChI is InChI=1S/C26H28N2O/c1-27-17-18-28(20-25(27)23-15-9-4-10-16-23)26(29)24(22-13-7-3-8-14-22)19-21-11-5-2-6-12-21/h2-16,24-25H,17-20H2,1H3. The van der Waals surface area contributed by atoms with Crippen LogP contribution in [0.4, 0.5) is 0 Å². The van der Waals surface area contributed by atoms with E-state index >= 15 is 0 Å². The molecule has 0 saturated carbocycles. The second-order valence-electron chi connectivity index (χ2n) is 7.84. The number of likely N-dealkylation sites (N-methyl/N-ethyl adjacent to an activating group) is 1. The van der Waals surface area contributed by atoms with Gasteiger partial charge in [0.1, 0.15) is 0 Å². The minimum absolute atomic E-state index is 0.154. The number of carbonyl (C=O) groups is 1. The lowest BCUT2D eigenvalue weighted by Gasteiger charge is -2.41. The van der Waals surface area contributed by atoms with E-state index in [0.29, 0.717) is 0 Å². The van der Waals surface area contributed by atoms with E-state index in [4.69, 9.17) is 0 Å². The second kappa shape index (κ2) is 9.06. The monoisotopic (exact) mass is 384 g/mol. The summed E-state index contributed by atoms with van der Waals surface area (Å²) in [7, 11) is 2.15. The fraction of sp³-hybridized carbons (Fsp3) is 0.269. The maximum Gasteiger partial charge on any atom is 0.230 e. The highest BCUT2D eigenvalue weighted by atomic mass is 16.2. The summed E-state index contributed by atoms with van der Waals surface area (Å²) in [5, 5.41) is 0. The quantitative estimate of drug-likeness (QED) is 0.645. The number of benzene rings is 3. The molecule has 1 heterocycles. The molecule has 4 rings (SSSR count). The first-order chi connectivity index (χ1) is 14.2. The van der Waals surface area contributed by atoms with Crippen molar-refractivity contribution in [1.82, 2.24) is 9.80 Å². The van der Waals surface area contributed by atoms with E-state index in [0.717, 1.165) is 31.6 Å². The lowest BCUT2D eigenvalue weighted by Crippen LogP contribution is -2.50. The molecule has 3 aromatic carbocycles. The molecular weight excluding hydrogens is 356 g/mol. The first-order valence-electron chi connectivity index (χ1n) is 10.3. The normalized spacial score (nSPS) is 18.4. The van der Waals surface area contributed by atoms with Crippen molar-refractivity contribution >= 4 is 5.91 Å². The molecule has 1 fully saturated rings. The summed E-state index contributed by atoms with van der Waals surface area (Å²) in [5.41, 5.74) is 3.56. The van der Waals surface area contributed by atoms with E-state index in [1.807, 2.05) is 42.5 Å².